The van der Waals surface area contributed by atoms with E-state index in [1.54, 1.807) is 14.2 Å². The third-order valence-corrected chi connectivity index (χ3v) is 5.38. The SMILES string of the molecule is COc1cc(C(=O)N2CCOCC2C2CCCC2OC)ccc1C. The Hall–Kier alpha value is -1.59. The van der Waals surface area contributed by atoms with Gasteiger partial charge in [-0.15, -0.1) is 0 Å². The van der Waals surface area contributed by atoms with Gasteiger partial charge in [0.2, 0.25) is 0 Å². The van der Waals surface area contributed by atoms with Gasteiger partial charge in [0.1, 0.15) is 5.75 Å². The number of aryl methyl sites for hydroxylation is 1. The molecule has 1 aromatic rings. The van der Waals surface area contributed by atoms with E-state index in [1.807, 2.05) is 30.0 Å². The number of carbonyl (C=O) groups excluding carboxylic acids is 1. The smallest absolute Gasteiger partial charge is 0.254 e. The number of rotatable bonds is 4. The molecule has 1 aromatic carbocycles. The maximum Gasteiger partial charge on any atom is 0.254 e. The topological polar surface area (TPSA) is 48.0 Å². The lowest BCUT2D eigenvalue weighted by Crippen LogP contribution is -2.53. The van der Waals surface area contributed by atoms with Crippen molar-refractivity contribution in [1.82, 2.24) is 4.90 Å². The monoisotopic (exact) mass is 333 g/mol. The Morgan fingerprint density at radius 3 is 2.88 bits per heavy atom. The van der Waals surface area contributed by atoms with Gasteiger partial charge in [-0.2, -0.15) is 0 Å². The number of amides is 1. The Labute approximate surface area is 143 Å². The highest BCUT2D eigenvalue weighted by molar-refractivity contribution is 5.95. The Kier molecular flexibility index (Phi) is 5.41. The first-order chi connectivity index (χ1) is 11.7. The van der Waals surface area contributed by atoms with Gasteiger partial charge >= 0.3 is 0 Å². The van der Waals surface area contributed by atoms with Crippen molar-refractivity contribution in [3.05, 3.63) is 29.3 Å². The minimum absolute atomic E-state index is 0.0587. The predicted octanol–water partition coefficient (Wildman–Crippen LogP) is 2.66. The van der Waals surface area contributed by atoms with Gasteiger partial charge in [-0.1, -0.05) is 12.5 Å². The van der Waals surface area contributed by atoms with Crippen LogP contribution >= 0.6 is 0 Å². The molecular weight excluding hydrogens is 306 g/mol. The lowest BCUT2D eigenvalue weighted by Gasteiger charge is -2.40. The summed E-state index contributed by atoms with van der Waals surface area (Å²) in [6.07, 6.45) is 3.53. The van der Waals surface area contributed by atoms with Crippen LogP contribution in [0.2, 0.25) is 0 Å². The first-order valence-electron chi connectivity index (χ1n) is 8.72. The van der Waals surface area contributed by atoms with Gasteiger partial charge in [-0.05, 0) is 37.5 Å². The van der Waals surface area contributed by atoms with Crippen LogP contribution in [0.5, 0.6) is 5.75 Å². The predicted molar refractivity (Wildman–Crippen MR) is 91.5 cm³/mol. The molecule has 0 aromatic heterocycles. The Balaban J connectivity index is 1.83. The molecule has 2 fully saturated rings. The van der Waals surface area contributed by atoms with Crippen LogP contribution in [0, 0.1) is 12.8 Å². The molecule has 1 saturated heterocycles. The summed E-state index contributed by atoms with van der Waals surface area (Å²) < 4.78 is 16.7. The van der Waals surface area contributed by atoms with E-state index in [4.69, 9.17) is 14.2 Å². The number of morpholine rings is 1. The van der Waals surface area contributed by atoms with E-state index in [0.29, 0.717) is 31.2 Å². The van der Waals surface area contributed by atoms with Gasteiger partial charge in [0.05, 0.1) is 32.5 Å². The van der Waals surface area contributed by atoms with Crippen molar-refractivity contribution in [2.45, 2.75) is 38.3 Å². The number of ether oxygens (including phenoxy) is 3. The fourth-order valence-electron chi connectivity index (χ4n) is 4.04. The summed E-state index contributed by atoms with van der Waals surface area (Å²) in [6.45, 7) is 3.80. The fraction of sp³-hybridized carbons (Fsp3) is 0.632. The van der Waals surface area contributed by atoms with Crippen molar-refractivity contribution >= 4 is 5.91 Å². The zero-order valence-electron chi connectivity index (χ0n) is 14.8. The number of carbonyl (C=O) groups is 1. The molecule has 0 radical (unpaired) electrons. The Morgan fingerprint density at radius 2 is 2.12 bits per heavy atom. The molecule has 1 aliphatic heterocycles. The zero-order valence-corrected chi connectivity index (χ0v) is 14.8. The van der Waals surface area contributed by atoms with E-state index in [1.165, 1.54) is 0 Å². The largest absolute Gasteiger partial charge is 0.496 e. The molecule has 5 nitrogen and oxygen atoms in total. The summed E-state index contributed by atoms with van der Waals surface area (Å²) in [5, 5.41) is 0. The number of hydrogen-bond donors (Lipinski definition) is 0. The third kappa shape index (κ3) is 3.28. The van der Waals surface area contributed by atoms with Crippen molar-refractivity contribution in [2.75, 3.05) is 34.0 Å². The average Bonchev–Trinajstić information content (AvgIpc) is 3.10. The summed E-state index contributed by atoms with van der Waals surface area (Å²) in [6, 6.07) is 5.75. The van der Waals surface area contributed by atoms with Crippen LogP contribution in [0.15, 0.2) is 18.2 Å². The molecule has 2 aliphatic rings. The third-order valence-electron chi connectivity index (χ3n) is 5.38. The molecule has 0 N–H and O–H groups in total. The number of benzene rings is 1. The van der Waals surface area contributed by atoms with Gasteiger partial charge in [-0.3, -0.25) is 4.79 Å². The molecule has 1 heterocycles. The minimum atomic E-state index is 0.0587. The van der Waals surface area contributed by atoms with Gasteiger partial charge in [0.25, 0.3) is 5.91 Å². The van der Waals surface area contributed by atoms with Crippen LogP contribution in [0.1, 0.15) is 35.2 Å². The average molecular weight is 333 g/mol. The van der Waals surface area contributed by atoms with Crippen LogP contribution in [0.3, 0.4) is 0 Å². The van der Waals surface area contributed by atoms with Gasteiger partial charge in [0, 0.05) is 25.1 Å². The molecule has 3 rings (SSSR count). The summed E-state index contributed by atoms with van der Waals surface area (Å²) in [7, 11) is 3.40. The van der Waals surface area contributed by atoms with Crippen molar-refractivity contribution < 1.29 is 19.0 Å². The minimum Gasteiger partial charge on any atom is -0.496 e. The van der Waals surface area contributed by atoms with Crippen LogP contribution in [-0.2, 0) is 9.47 Å². The molecule has 3 atom stereocenters. The Bertz CT molecular complexity index is 589. The molecule has 5 heteroatoms. The van der Waals surface area contributed by atoms with Gasteiger partial charge in [0.15, 0.2) is 0 Å². The number of methoxy groups -OCH3 is 2. The van der Waals surface area contributed by atoms with Crippen LogP contribution in [0.25, 0.3) is 0 Å². The first-order valence-corrected chi connectivity index (χ1v) is 8.72. The number of hydrogen-bond acceptors (Lipinski definition) is 4. The number of nitrogens with zero attached hydrogens (tertiary/aromatic N) is 1. The highest BCUT2D eigenvalue weighted by Crippen LogP contribution is 2.34. The van der Waals surface area contributed by atoms with E-state index in [2.05, 4.69) is 0 Å². The maximum absolute atomic E-state index is 13.1. The lowest BCUT2D eigenvalue weighted by atomic mass is 9.93. The van der Waals surface area contributed by atoms with E-state index >= 15 is 0 Å². The molecule has 1 aliphatic carbocycles. The highest BCUT2D eigenvalue weighted by Gasteiger charge is 2.40. The van der Waals surface area contributed by atoms with Crippen molar-refractivity contribution in [2.24, 2.45) is 5.92 Å². The highest BCUT2D eigenvalue weighted by atomic mass is 16.5. The Morgan fingerprint density at radius 1 is 1.29 bits per heavy atom. The second-order valence-electron chi connectivity index (χ2n) is 6.69. The van der Waals surface area contributed by atoms with E-state index in [0.717, 1.165) is 30.6 Å². The summed E-state index contributed by atoms with van der Waals surface area (Å²) in [4.78, 5) is 15.1. The molecule has 0 bridgehead atoms. The molecule has 0 spiro atoms. The molecule has 3 unspecified atom stereocenters. The van der Waals surface area contributed by atoms with Crippen LogP contribution in [0.4, 0.5) is 0 Å². The fourth-order valence-corrected chi connectivity index (χ4v) is 4.04. The van der Waals surface area contributed by atoms with E-state index in [-0.39, 0.29) is 18.1 Å². The quantitative estimate of drug-likeness (QED) is 0.850. The standard InChI is InChI=1S/C19H27NO4/c1-13-7-8-14(11-18(13)23-3)19(21)20-9-10-24-12-16(20)15-5-4-6-17(15)22-2/h7-8,11,15-17H,4-6,9-10,12H2,1-3H3. The van der Waals surface area contributed by atoms with Gasteiger partial charge < -0.3 is 19.1 Å². The molecule has 24 heavy (non-hydrogen) atoms. The van der Waals surface area contributed by atoms with Crippen LogP contribution in [-0.4, -0.2) is 56.9 Å². The van der Waals surface area contributed by atoms with Crippen molar-refractivity contribution in [3.63, 3.8) is 0 Å². The van der Waals surface area contributed by atoms with Crippen molar-refractivity contribution in [1.29, 1.82) is 0 Å². The van der Waals surface area contributed by atoms with Crippen LogP contribution < -0.4 is 4.74 Å². The second kappa shape index (κ2) is 7.53. The summed E-state index contributed by atoms with van der Waals surface area (Å²) in [5.74, 6) is 1.16. The van der Waals surface area contributed by atoms with E-state index in [9.17, 15) is 4.79 Å². The lowest BCUT2D eigenvalue weighted by molar-refractivity contribution is -0.0460. The normalized spacial score (nSPS) is 27.3. The second-order valence-corrected chi connectivity index (χ2v) is 6.69. The summed E-state index contributed by atoms with van der Waals surface area (Å²) in [5.41, 5.74) is 1.71. The molecule has 132 valence electrons. The van der Waals surface area contributed by atoms with Gasteiger partial charge in [-0.25, -0.2) is 0 Å². The summed E-state index contributed by atoms with van der Waals surface area (Å²) >= 11 is 0. The van der Waals surface area contributed by atoms with Crippen molar-refractivity contribution in [3.8, 4) is 5.75 Å². The molecule has 1 saturated carbocycles. The zero-order chi connectivity index (χ0) is 17.1. The first kappa shape index (κ1) is 17.2. The maximum atomic E-state index is 13.1. The molecule has 1 amide bonds. The molecular formula is C19H27NO4. The van der Waals surface area contributed by atoms with E-state index < -0.39 is 0 Å².